The van der Waals surface area contributed by atoms with Gasteiger partial charge in [-0.1, -0.05) is 43.0 Å². The molecule has 0 bridgehead atoms. The molecule has 0 radical (unpaired) electrons. The van der Waals surface area contributed by atoms with Crippen LogP contribution in [0, 0.1) is 5.92 Å². The number of nitrogens with zero attached hydrogens (tertiary/aromatic N) is 4. The fourth-order valence-electron chi connectivity index (χ4n) is 4.17. The maximum atomic E-state index is 5.01. The summed E-state index contributed by atoms with van der Waals surface area (Å²) in [6, 6.07) is 3.99. The highest BCUT2D eigenvalue weighted by molar-refractivity contribution is 5.91. The van der Waals surface area contributed by atoms with Gasteiger partial charge in [-0.2, -0.15) is 0 Å². The first kappa shape index (κ1) is 20.1. The van der Waals surface area contributed by atoms with Crippen molar-refractivity contribution in [2.24, 2.45) is 10.9 Å². The minimum absolute atomic E-state index is 0.418. The summed E-state index contributed by atoms with van der Waals surface area (Å²) in [6.07, 6.45) is 17.8. The smallest absolute Gasteiger partial charge is 0.206 e. The van der Waals surface area contributed by atoms with Crippen LogP contribution in [0.25, 0.3) is 5.70 Å². The second-order valence-electron chi connectivity index (χ2n) is 8.28. The standard InChI is InChI=1S/C26H30N4/c1-19-7-5-8-22(11-10-19)21(3)24-9-6-16-30(18-24)26-28-25(17-20(2)29(26)4)23-12-14-27-15-13-23/h5,8,10-15,17,24H,2-3,6-7,9,16,18H2,1,4H3. The first-order valence-corrected chi connectivity index (χ1v) is 10.6. The Morgan fingerprint density at radius 3 is 2.80 bits per heavy atom. The first-order valence-electron chi connectivity index (χ1n) is 10.6. The summed E-state index contributed by atoms with van der Waals surface area (Å²) in [6.45, 7) is 12.8. The number of aliphatic imine (C=N–C) groups is 1. The van der Waals surface area contributed by atoms with Crippen LogP contribution in [0.5, 0.6) is 0 Å². The summed E-state index contributed by atoms with van der Waals surface area (Å²) in [5.41, 5.74) is 6.80. The maximum Gasteiger partial charge on any atom is 0.206 e. The maximum absolute atomic E-state index is 5.01. The molecule has 2 aliphatic heterocycles. The van der Waals surface area contributed by atoms with Crippen LogP contribution in [0.15, 0.2) is 95.5 Å². The molecule has 1 fully saturated rings. The van der Waals surface area contributed by atoms with Crippen molar-refractivity contribution < 1.29 is 0 Å². The summed E-state index contributed by atoms with van der Waals surface area (Å²) in [7, 11) is 2.05. The first-order chi connectivity index (χ1) is 14.5. The van der Waals surface area contributed by atoms with E-state index in [2.05, 4.69) is 59.2 Å². The van der Waals surface area contributed by atoms with Crippen molar-refractivity contribution in [3.05, 3.63) is 96.0 Å². The van der Waals surface area contributed by atoms with Crippen LogP contribution >= 0.6 is 0 Å². The van der Waals surface area contributed by atoms with E-state index in [0.717, 1.165) is 55.3 Å². The van der Waals surface area contributed by atoms with Gasteiger partial charge in [0, 0.05) is 49.7 Å². The SMILES string of the molecule is C=C(C1=CC=C(C)CC=C1)C1CCCN(C2=NC(c3ccncc3)=CC(=C)N2C)C1. The second kappa shape index (κ2) is 8.70. The van der Waals surface area contributed by atoms with Gasteiger partial charge in [0.05, 0.1) is 5.70 Å². The molecule has 0 aromatic carbocycles. The van der Waals surface area contributed by atoms with Gasteiger partial charge < -0.3 is 9.80 Å². The lowest BCUT2D eigenvalue weighted by molar-refractivity contribution is 0.265. The van der Waals surface area contributed by atoms with Crippen molar-refractivity contribution >= 4 is 11.7 Å². The van der Waals surface area contributed by atoms with E-state index < -0.39 is 0 Å². The van der Waals surface area contributed by atoms with Crippen molar-refractivity contribution in [2.75, 3.05) is 20.1 Å². The third-order valence-electron chi connectivity index (χ3n) is 6.08. The average molecular weight is 399 g/mol. The van der Waals surface area contributed by atoms with E-state index in [1.165, 1.54) is 16.7 Å². The highest BCUT2D eigenvalue weighted by Crippen LogP contribution is 2.32. The van der Waals surface area contributed by atoms with Gasteiger partial charge in [-0.25, -0.2) is 4.99 Å². The van der Waals surface area contributed by atoms with Crippen LogP contribution in [-0.2, 0) is 0 Å². The van der Waals surface area contributed by atoms with Crippen LogP contribution in [0.3, 0.4) is 0 Å². The Morgan fingerprint density at radius 1 is 1.20 bits per heavy atom. The predicted octanol–water partition coefficient (Wildman–Crippen LogP) is 5.34. The van der Waals surface area contributed by atoms with Crippen molar-refractivity contribution in [2.45, 2.75) is 26.2 Å². The topological polar surface area (TPSA) is 31.7 Å². The second-order valence-corrected chi connectivity index (χ2v) is 8.28. The largest absolute Gasteiger partial charge is 0.342 e. The molecular formula is C26H30N4. The monoisotopic (exact) mass is 398 g/mol. The van der Waals surface area contributed by atoms with E-state index in [-0.39, 0.29) is 0 Å². The van der Waals surface area contributed by atoms with Crippen molar-refractivity contribution in [1.29, 1.82) is 0 Å². The summed E-state index contributed by atoms with van der Waals surface area (Å²) in [5, 5.41) is 0. The Labute approximate surface area is 180 Å². The van der Waals surface area contributed by atoms with Gasteiger partial charge in [-0.05, 0) is 55.5 Å². The molecule has 3 aliphatic rings. The number of aromatic nitrogens is 1. The normalized spacial score (nSPS) is 22.1. The predicted molar refractivity (Wildman–Crippen MR) is 126 cm³/mol. The molecule has 4 nitrogen and oxygen atoms in total. The molecule has 0 amide bonds. The number of piperidine rings is 1. The highest BCUT2D eigenvalue weighted by atomic mass is 15.4. The summed E-state index contributed by atoms with van der Waals surface area (Å²) < 4.78 is 0. The molecule has 1 saturated heterocycles. The number of rotatable bonds is 3. The molecule has 3 heterocycles. The average Bonchev–Trinajstić information content (AvgIpc) is 3.00. The molecule has 1 unspecified atom stereocenters. The van der Waals surface area contributed by atoms with Crippen LogP contribution in [0.4, 0.5) is 0 Å². The van der Waals surface area contributed by atoms with Crippen LogP contribution < -0.4 is 0 Å². The third kappa shape index (κ3) is 4.23. The highest BCUT2D eigenvalue weighted by Gasteiger charge is 2.29. The molecule has 4 heteroatoms. The Morgan fingerprint density at radius 2 is 2.00 bits per heavy atom. The molecular weight excluding hydrogens is 368 g/mol. The zero-order valence-electron chi connectivity index (χ0n) is 18.0. The molecule has 0 N–H and O–H groups in total. The van der Waals surface area contributed by atoms with Gasteiger partial charge in [0.25, 0.3) is 0 Å². The number of allylic oxidation sites excluding steroid dienone is 7. The molecule has 1 atom stereocenters. The molecule has 1 aliphatic carbocycles. The Hall–Kier alpha value is -3.14. The minimum Gasteiger partial charge on any atom is -0.342 e. The molecule has 154 valence electrons. The fourth-order valence-corrected chi connectivity index (χ4v) is 4.17. The summed E-state index contributed by atoms with van der Waals surface area (Å²) in [4.78, 5) is 13.6. The van der Waals surface area contributed by atoms with Crippen LogP contribution in [0.2, 0.25) is 0 Å². The molecule has 30 heavy (non-hydrogen) atoms. The summed E-state index contributed by atoms with van der Waals surface area (Å²) in [5.74, 6) is 1.38. The van der Waals surface area contributed by atoms with Gasteiger partial charge in [0.15, 0.2) is 0 Å². The van der Waals surface area contributed by atoms with Gasteiger partial charge in [-0.3, -0.25) is 4.98 Å². The van der Waals surface area contributed by atoms with Crippen LogP contribution in [-0.4, -0.2) is 40.9 Å². The zero-order valence-corrected chi connectivity index (χ0v) is 18.0. The number of likely N-dealkylation sites (tertiary alicyclic amines) is 1. The van der Waals surface area contributed by atoms with E-state index in [4.69, 9.17) is 4.99 Å². The number of guanidine groups is 1. The number of hydrogen-bond acceptors (Lipinski definition) is 4. The third-order valence-corrected chi connectivity index (χ3v) is 6.08. The number of pyridine rings is 1. The molecule has 0 spiro atoms. The summed E-state index contributed by atoms with van der Waals surface area (Å²) >= 11 is 0. The minimum atomic E-state index is 0.418. The zero-order chi connectivity index (χ0) is 21.1. The molecule has 0 saturated carbocycles. The van der Waals surface area contributed by atoms with Crippen molar-refractivity contribution in [3.63, 3.8) is 0 Å². The lowest BCUT2D eigenvalue weighted by Gasteiger charge is -2.40. The van der Waals surface area contributed by atoms with E-state index >= 15 is 0 Å². The number of likely N-dealkylation sites (N-methyl/N-ethyl adjacent to an activating group) is 1. The molecule has 4 rings (SSSR count). The van der Waals surface area contributed by atoms with E-state index in [0.29, 0.717) is 5.92 Å². The Kier molecular flexibility index (Phi) is 5.84. The quantitative estimate of drug-likeness (QED) is 0.689. The molecule has 1 aromatic rings. The van der Waals surface area contributed by atoms with Gasteiger partial charge >= 0.3 is 0 Å². The number of hydrogen-bond donors (Lipinski definition) is 0. The fraction of sp³-hybridized carbons (Fsp3) is 0.308. The Balaban J connectivity index is 1.56. The van der Waals surface area contributed by atoms with Crippen molar-refractivity contribution in [3.8, 4) is 0 Å². The van der Waals surface area contributed by atoms with E-state index in [1.807, 2.05) is 25.3 Å². The van der Waals surface area contributed by atoms with Crippen molar-refractivity contribution in [1.82, 2.24) is 14.8 Å². The van der Waals surface area contributed by atoms with Gasteiger partial charge in [0.2, 0.25) is 5.96 Å². The lowest BCUT2D eigenvalue weighted by Crippen LogP contribution is -2.47. The Bertz CT molecular complexity index is 991. The van der Waals surface area contributed by atoms with E-state index in [1.54, 1.807) is 12.4 Å². The van der Waals surface area contributed by atoms with Gasteiger partial charge in [0.1, 0.15) is 0 Å². The lowest BCUT2D eigenvalue weighted by atomic mass is 9.86. The molecule has 1 aromatic heterocycles. The van der Waals surface area contributed by atoms with Crippen LogP contribution in [0.1, 0.15) is 31.7 Å². The van der Waals surface area contributed by atoms with E-state index in [9.17, 15) is 0 Å². The van der Waals surface area contributed by atoms with Gasteiger partial charge in [-0.15, -0.1) is 0 Å².